The lowest BCUT2D eigenvalue weighted by Crippen LogP contribution is -2.00. The molecule has 23 heavy (non-hydrogen) atoms. The van der Waals surface area contributed by atoms with Gasteiger partial charge < -0.3 is 13.7 Å². The summed E-state index contributed by atoms with van der Waals surface area (Å²) < 4.78 is 15.5. The molecule has 0 amide bonds. The molecule has 6 heteroatoms. The minimum absolute atomic E-state index is 0.200. The lowest BCUT2D eigenvalue weighted by molar-refractivity contribution is 0.0601. The fourth-order valence-corrected chi connectivity index (χ4v) is 2.69. The van der Waals surface area contributed by atoms with Crippen molar-refractivity contribution >= 4 is 5.97 Å². The second kappa shape index (κ2) is 5.39. The molecule has 1 fully saturated rings. The van der Waals surface area contributed by atoms with Crippen molar-refractivity contribution in [2.75, 3.05) is 7.11 Å². The summed E-state index contributed by atoms with van der Waals surface area (Å²) >= 11 is 0. The molecule has 3 aromatic rings. The van der Waals surface area contributed by atoms with Crippen LogP contribution in [0.3, 0.4) is 0 Å². The largest absolute Gasteiger partial charge is 0.469 e. The molecule has 116 valence electrons. The van der Waals surface area contributed by atoms with Gasteiger partial charge in [0.2, 0.25) is 11.7 Å². The second-order valence-corrected chi connectivity index (χ2v) is 5.49. The van der Waals surface area contributed by atoms with Crippen molar-refractivity contribution in [1.29, 1.82) is 0 Å². The van der Waals surface area contributed by atoms with Gasteiger partial charge in [-0.05, 0) is 30.7 Å². The summed E-state index contributed by atoms with van der Waals surface area (Å²) in [5, 5.41) is 4.02. The van der Waals surface area contributed by atoms with E-state index >= 15 is 0 Å². The van der Waals surface area contributed by atoms with Gasteiger partial charge in [-0.15, -0.1) is 0 Å². The summed E-state index contributed by atoms with van der Waals surface area (Å²) in [5.41, 5.74) is 1.18. The predicted octanol–water partition coefficient (Wildman–Crippen LogP) is 3.39. The van der Waals surface area contributed by atoms with E-state index in [1.54, 1.807) is 24.5 Å². The Labute approximate surface area is 132 Å². The Bertz CT molecular complexity index is 838. The van der Waals surface area contributed by atoms with Crippen LogP contribution in [0.5, 0.6) is 0 Å². The number of aromatic nitrogens is 2. The molecule has 1 aliphatic rings. The highest BCUT2D eigenvalue weighted by atomic mass is 16.5. The maximum atomic E-state index is 11.6. The van der Waals surface area contributed by atoms with Crippen molar-refractivity contribution in [1.82, 2.24) is 10.1 Å². The molecular formula is C17H14N2O4. The Hall–Kier alpha value is -2.89. The number of nitrogens with zero attached hydrogens (tertiary/aromatic N) is 2. The third-order valence-corrected chi connectivity index (χ3v) is 4.00. The molecule has 4 rings (SSSR count). The Balaban J connectivity index is 1.56. The summed E-state index contributed by atoms with van der Waals surface area (Å²) in [7, 11) is 1.35. The number of hydrogen-bond donors (Lipinski definition) is 0. The molecular weight excluding hydrogens is 296 g/mol. The zero-order chi connectivity index (χ0) is 15.8. The lowest BCUT2D eigenvalue weighted by atomic mass is 10.1. The monoisotopic (exact) mass is 310 g/mol. The predicted molar refractivity (Wildman–Crippen MR) is 79.9 cm³/mol. The molecule has 0 spiro atoms. The summed E-state index contributed by atoms with van der Waals surface area (Å²) in [5.74, 6) is 2.13. The molecule has 0 N–H and O–H groups in total. The van der Waals surface area contributed by atoms with E-state index in [4.69, 9.17) is 13.7 Å². The van der Waals surface area contributed by atoms with Crippen LogP contribution in [0.15, 0.2) is 51.6 Å². The van der Waals surface area contributed by atoms with Crippen molar-refractivity contribution in [2.45, 2.75) is 18.3 Å². The molecule has 0 saturated heterocycles. The minimum atomic E-state index is -0.393. The first-order valence-corrected chi connectivity index (χ1v) is 7.32. The average molecular weight is 310 g/mol. The Morgan fingerprint density at radius 3 is 2.96 bits per heavy atom. The van der Waals surface area contributed by atoms with Crippen LogP contribution >= 0.6 is 0 Å². The number of carbonyl (C=O) groups excluding carboxylic acids is 1. The van der Waals surface area contributed by atoms with Gasteiger partial charge in [0.15, 0.2) is 0 Å². The summed E-state index contributed by atoms with van der Waals surface area (Å²) in [6.07, 6.45) is 2.61. The standard InChI is InChI=1S/C17H14N2O4/c1-21-17(20)11-5-2-4-10(8-11)15-18-16(23-19-15)13-9-12(13)14-6-3-7-22-14/h2-8,12-13H,9H2,1H3/t12-,13-/m1/s1. The van der Waals surface area contributed by atoms with Gasteiger partial charge >= 0.3 is 5.97 Å². The number of hydrogen-bond acceptors (Lipinski definition) is 6. The molecule has 0 aliphatic heterocycles. The van der Waals surface area contributed by atoms with E-state index in [1.165, 1.54) is 7.11 Å². The van der Waals surface area contributed by atoms with Gasteiger partial charge in [0.05, 0.1) is 18.9 Å². The molecule has 1 aliphatic carbocycles. The zero-order valence-corrected chi connectivity index (χ0v) is 12.4. The molecule has 2 aromatic heterocycles. The number of ether oxygens (including phenoxy) is 1. The van der Waals surface area contributed by atoms with Crippen LogP contribution in [0.1, 0.15) is 40.3 Å². The Morgan fingerprint density at radius 1 is 1.26 bits per heavy atom. The van der Waals surface area contributed by atoms with Gasteiger partial charge in [0.1, 0.15) is 5.76 Å². The van der Waals surface area contributed by atoms with Crippen molar-refractivity contribution in [3.05, 3.63) is 59.9 Å². The first kappa shape index (κ1) is 13.8. The minimum Gasteiger partial charge on any atom is -0.469 e. The fourth-order valence-electron chi connectivity index (χ4n) is 2.69. The highest BCUT2D eigenvalue weighted by Gasteiger charge is 2.45. The van der Waals surface area contributed by atoms with Crippen molar-refractivity contribution in [2.24, 2.45) is 0 Å². The van der Waals surface area contributed by atoms with Gasteiger partial charge in [-0.3, -0.25) is 0 Å². The number of benzene rings is 1. The van der Waals surface area contributed by atoms with Crippen LogP contribution in [0.25, 0.3) is 11.4 Å². The topological polar surface area (TPSA) is 78.4 Å². The highest BCUT2D eigenvalue weighted by Crippen LogP contribution is 2.54. The number of carbonyl (C=O) groups is 1. The van der Waals surface area contributed by atoms with Crippen LogP contribution in [-0.4, -0.2) is 23.2 Å². The number of methoxy groups -OCH3 is 1. The number of furan rings is 1. The van der Waals surface area contributed by atoms with E-state index in [0.29, 0.717) is 23.2 Å². The number of esters is 1. The maximum Gasteiger partial charge on any atom is 0.337 e. The van der Waals surface area contributed by atoms with E-state index in [1.807, 2.05) is 18.2 Å². The van der Waals surface area contributed by atoms with Crippen molar-refractivity contribution in [3.63, 3.8) is 0 Å². The SMILES string of the molecule is COC(=O)c1cccc(-c2noc([C@@H]3C[C@H]3c3ccco3)n2)c1. The van der Waals surface area contributed by atoms with Gasteiger partial charge in [0, 0.05) is 17.4 Å². The molecule has 1 aromatic carbocycles. The van der Waals surface area contributed by atoms with E-state index in [0.717, 1.165) is 17.7 Å². The van der Waals surface area contributed by atoms with E-state index in [-0.39, 0.29) is 5.92 Å². The van der Waals surface area contributed by atoms with Crippen LogP contribution in [0.4, 0.5) is 0 Å². The van der Waals surface area contributed by atoms with Gasteiger partial charge in [-0.1, -0.05) is 17.3 Å². The van der Waals surface area contributed by atoms with Crippen LogP contribution in [0.2, 0.25) is 0 Å². The molecule has 2 atom stereocenters. The quantitative estimate of drug-likeness (QED) is 0.687. The smallest absolute Gasteiger partial charge is 0.337 e. The molecule has 6 nitrogen and oxygen atoms in total. The maximum absolute atomic E-state index is 11.6. The van der Waals surface area contributed by atoms with Gasteiger partial charge in [-0.2, -0.15) is 4.98 Å². The van der Waals surface area contributed by atoms with Crippen LogP contribution < -0.4 is 0 Å². The second-order valence-electron chi connectivity index (χ2n) is 5.49. The normalized spacial score (nSPS) is 19.5. The molecule has 0 bridgehead atoms. The summed E-state index contributed by atoms with van der Waals surface area (Å²) in [6, 6.07) is 10.8. The first-order chi connectivity index (χ1) is 11.3. The molecule has 0 radical (unpaired) electrons. The van der Waals surface area contributed by atoms with E-state index < -0.39 is 5.97 Å². The van der Waals surface area contributed by atoms with Gasteiger partial charge in [-0.25, -0.2) is 4.79 Å². The third kappa shape index (κ3) is 2.52. The van der Waals surface area contributed by atoms with Crippen molar-refractivity contribution in [3.8, 4) is 11.4 Å². The van der Waals surface area contributed by atoms with E-state index in [2.05, 4.69) is 10.1 Å². The number of rotatable bonds is 4. The van der Waals surface area contributed by atoms with Gasteiger partial charge in [0.25, 0.3) is 0 Å². The first-order valence-electron chi connectivity index (χ1n) is 7.32. The third-order valence-electron chi connectivity index (χ3n) is 4.00. The Morgan fingerprint density at radius 2 is 2.17 bits per heavy atom. The van der Waals surface area contributed by atoms with Crippen LogP contribution in [-0.2, 0) is 4.74 Å². The molecule has 2 heterocycles. The Kier molecular flexibility index (Phi) is 3.22. The summed E-state index contributed by atoms with van der Waals surface area (Å²) in [4.78, 5) is 16.1. The lowest BCUT2D eigenvalue weighted by Gasteiger charge is -2.00. The van der Waals surface area contributed by atoms with E-state index in [9.17, 15) is 4.79 Å². The summed E-state index contributed by atoms with van der Waals surface area (Å²) in [6.45, 7) is 0. The average Bonchev–Trinajstić information content (AvgIpc) is 3.04. The fraction of sp³-hybridized carbons (Fsp3) is 0.235. The molecule has 1 saturated carbocycles. The van der Waals surface area contributed by atoms with Crippen molar-refractivity contribution < 1.29 is 18.5 Å². The molecule has 0 unspecified atom stereocenters. The zero-order valence-electron chi connectivity index (χ0n) is 12.4. The van der Waals surface area contributed by atoms with Crippen LogP contribution in [0, 0.1) is 0 Å². The highest BCUT2D eigenvalue weighted by molar-refractivity contribution is 5.90.